The van der Waals surface area contributed by atoms with Gasteiger partial charge in [0.15, 0.2) is 5.84 Å². The number of aryl methyl sites for hydroxylation is 1. The Morgan fingerprint density at radius 2 is 2.00 bits per heavy atom. The average Bonchev–Trinajstić information content (AvgIpc) is 2.41. The first-order chi connectivity index (χ1) is 8.69. The minimum Gasteiger partial charge on any atom is -0.409 e. The van der Waals surface area contributed by atoms with E-state index in [2.05, 4.69) is 22.3 Å². The molecule has 0 atom stereocenters. The number of aromatic nitrogens is 1. The molecular weight excluding hydrogens is 246 g/mol. The highest BCUT2D eigenvalue weighted by atomic mass is 32.2. The Bertz CT molecular complexity index is 567. The topological polar surface area (TPSA) is 71.5 Å². The fraction of sp³-hybridized carbons (Fsp3) is 0.0769. The molecule has 0 unspecified atom stereocenters. The van der Waals surface area contributed by atoms with Gasteiger partial charge in [0.25, 0.3) is 0 Å². The Morgan fingerprint density at radius 3 is 2.67 bits per heavy atom. The van der Waals surface area contributed by atoms with Gasteiger partial charge in [-0.15, -0.1) is 0 Å². The molecule has 0 bridgehead atoms. The van der Waals surface area contributed by atoms with Crippen LogP contribution >= 0.6 is 11.8 Å². The molecule has 0 saturated heterocycles. The van der Waals surface area contributed by atoms with Gasteiger partial charge in [0.1, 0.15) is 5.03 Å². The molecule has 0 radical (unpaired) electrons. The van der Waals surface area contributed by atoms with Gasteiger partial charge in [-0.2, -0.15) is 0 Å². The van der Waals surface area contributed by atoms with Crippen LogP contribution < -0.4 is 5.73 Å². The average molecular weight is 259 g/mol. The van der Waals surface area contributed by atoms with Crippen LogP contribution in [0.2, 0.25) is 0 Å². The lowest BCUT2D eigenvalue weighted by atomic mass is 10.2. The molecule has 0 saturated carbocycles. The lowest BCUT2D eigenvalue weighted by Crippen LogP contribution is -2.13. The summed E-state index contributed by atoms with van der Waals surface area (Å²) < 4.78 is 0. The van der Waals surface area contributed by atoms with E-state index in [-0.39, 0.29) is 5.84 Å². The Labute approximate surface area is 110 Å². The van der Waals surface area contributed by atoms with E-state index in [1.807, 2.05) is 19.1 Å². The van der Waals surface area contributed by atoms with Crippen LogP contribution in [0.3, 0.4) is 0 Å². The molecule has 92 valence electrons. The van der Waals surface area contributed by atoms with E-state index in [4.69, 9.17) is 10.9 Å². The molecule has 5 heteroatoms. The highest BCUT2D eigenvalue weighted by molar-refractivity contribution is 7.99. The van der Waals surface area contributed by atoms with Crippen molar-refractivity contribution in [3.8, 4) is 0 Å². The molecule has 0 spiro atoms. The van der Waals surface area contributed by atoms with Crippen molar-refractivity contribution in [2.75, 3.05) is 0 Å². The van der Waals surface area contributed by atoms with Crippen molar-refractivity contribution in [2.45, 2.75) is 16.8 Å². The van der Waals surface area contributed by atoms with E-state index >= 15 is 0 Å². The van der Waals surface area contributed by atoms with Gasteiger partial charge in [-0.25, -0.2) is 4.98 Å². The van der Waals surface area contributed by atoms with Crippen LogP contribution in [0.15, 0.2) is 57.7 Å². The SMILES string of the molecule is Cc1ccc(Sc2cc(/C(N)=N/O)ccn2)cc1. The first-order valence-electron chi connectivity index (χ1n) is 5.37. The van der Waals surface area contributed by atoms with Crippen molar-refractivity contribution in [1.82, 2.24) is 4.98 Å². The summed E-state index contributed by atoms with van der Waals surface area (Å²) in [6.45, 7) is 2.05. The molecule has 0 aliphatic rings. The summed E-state index contributed by atoms with van der Waals surface area (Å²) in [4.78, 5) is 5.35. The molecule has 0 aliphatic heterocycles. The molecule has 0 aliphatic carbocycles. The summed E-state index contributed by atoms with van der Waals surface area (Å²) in [5.41, 5.74) is 7.41. The Hall–Kier alpha value is -2.01. The van der Waals surface area contributed by atoms with Crippen molar-refractivity contribution < 1.29 is 5.21 Å². The minimum atomic E-state index is 0.0863. The third kappa shape index (κ3) is 3.01. The standard InChI is InChI=1S/C13H13N3OS/c1-9-2-4-11(5-3-9)18-12-8-10(6-7-15-12)13(14)16-17/h2-8,17H,1H3,(H2,14,16). The van der Waals surface area contributed by atoms with Crippen LogP contribution in [0, 0.1) is 6.92 Å². The summed E-state index contributed by atoms with van der Waals surface area (Å²) in [7, 11) is 0. The molecule has 1 aromatic heterocycles. The predicted octanol–water partition coefficient (Wildman–Crippen LogP) is 2.64. The van der Waals surface area contributed by atoms with Gasteiger partial charge in [0.05, 0.1) is 0 Å². The molecule has 0 fully saturated rings. The van der Waals surface area contributed by atoms with Crippen molar-refractivity contribution in [3.05, 3.63) is 53.7 Å². The zero-order chi connectivity index (χ0) is 13.0. The van der Waals surface area contributed by atoms with E-state index in [0.29, 0.717) is 5.56 Å². The molecule has 2 aromatic rings. The molecule has 1 aromatic carbocycles. The summed E-state index contributed by atoms with van der Waals surface area (Å²) in [6.07, 6.45) is 1.64. The van der Waals surface area contributed by atoms with Gasteiger partial charge in [0.2, 0.25) is 0 Å². The van der Waals surface area contributed by atoms with E-state index < -0.39 is 0 Å². The highest BCUT2D eigenvalue weighted by Crippen LogP contribution is 2.26. The summed E-state index contributed by atoms with van der Waals surface area (Å²) in [5.74, 6) is 0.0863. The van der Waals surface area contributed by atoms with Crippen LogP contribution in [0.25, 0.3) is 0 Å². The number of hydrogen-bond donors (Lipinski definition) is 2. The number of oxime groups is 1. The fourth-order valence-electron chi connectivity index (χ4n) is 1.41. The molecule has 1 heterocycles. The van der Waals surface area contributed by atoms with E-state index in [1.54, 1.807) is 18.3 Å². The second-order valence-corrected chi connectivity index (χ2v) is 4.88. The zero-order valence-electron chi connectivity index (χ0n) is 9.87. The third-order valence-corrected chi connectivity index (χ3v) is 3.32. The van der Waals surface area contributed by atoms with E-state index in [1.165, 1.54) is 17.3 Å². The maximum Gasteiger partial charge on any atom is 0.170 e. The van der Waals surface area contributed by atoms with Crippen molar-refractivity contribution >= 4 is 17.6 Å². The normalized spacial score (nSPS) is 11.5. The van der Waals surface area contributed by atoms with Crippen LogP contribution in [0.4, 0.5) is 0 Å². The Balaban J connectivity index is 2.22. The number of amidine groups is 1. The number of nitrogens with zero attached hydrogens (tertiary/aromatic N) is 2. The summed E-state index contributed by atoms with van der Waals surface area (Å²) in [5, 5.41) is 12.4. The number of nitrogens with two attached hydrogens (primary N) is 1. The van der Waals surface area contributed by atoms with Gasteiger partial charge >= 0.3 is 0 Å². The maximum atomic E-state index is 8.64. The van der Waals surface area contributed by atoms with Gasteiger partial charge in [-0.3, -0.25) is 0 Å². The third-order valence-electron chi connectivity index (χ3n) is 2.38. The number of rotatable bonds is 3. The smallest absolute Gasteiger partial charge is 0.170 e. The second kappa shape index (κ2) is 5.55. The van der Waals surface area contributed by atoms with Gasteiger partial charge in [-0.05, 0) is 31.2 Å². The van der Waals surface area contributed by atoms with Gasteiger partial charge in [-0.1, -0.05) is 34.6 Å². The summed E-state index contributed by atoms with van der Waals surface area (Å²) in [6, 6.07) is 11.7. The quantitative estimate of drug-likeness (QED) is 0.385. The zero-order valence-corrected chi connectivity index (χ0v) is 10.7. The number of benzene rings is 1. The molecule has 4 nitrogen and oxygen atoms in total. The number of hydrogen-bond acceptors (Lipinski definition) is 4. The van der Waals surface area contributed by atoms with E-state index in [9.17, 15) is 0 Å². The van der Waals surface area contributed by atoms with E-state index in [0.717, 1.165) is 9.92 Å². The lowest BCUT2D eigenvalue weighted by molar-refractivity contribution is 0.318. The number of pyridine rings is 1. The van der Waals surface area contributed by atoms with Crippen molar-refractivity contribution in [2.24, 2.45) is 10.9 Å². The lowest BCUT2D eigenvalue weighted by Gasteiger charge is -2.03. The Morgan fingerprint density at radius 1 is 1.28 bits per heavy atom. The van der Waals surface area contributed by atoms with Crippen LogP contribution in [0.1, 0.15) is 11.1 Å². The first kappa shape index (κ1) is 12.4. The second-order valence-electron chi connectivity index (χ2n) is 3.78. The maximum absolute atomic E-state index is 8.64. The predicted molar refractivity (Wildman–Crippen MR) is 72.0 cm³/mol. The molecular formula is C13H13N3OS. The highest BCUT2D eigenvalue weighted by Gasteiger charge is 2.03. The Kier molecular flexibility index (Phi) is 3.84. The fourth-order valence-corrected chi connectivity index (χ4v) is 2.22. The summed E-state index contributed by atoms with van der Waals surface area (Å²) >= 11 is 1.54. The van der Waals surface area contributed by atoms with Crippen LogP contribution in [-0.2, 0) is 0 Å². The first-order valence-corrected chi connectivity index (χ1v) is 6.19. The molecule has 3 N–H and O–H groups in total. The monoisotopic (exact) mass is 259 g/mol. The van der Waals surface area contributed by atoms with Crippen molar-refractivity contribution in [3.63, 3.8) is 0 Å². The minimum absolute atomic E-state index is 0.0863. The van der Waals surface area contributed by atoms with Gasteiger partial charge < -0.3 is 10.9 Å². The molecule has 2 rings (SSSR count). The molecule has 0 amide bonds. The van der Waals surface area contributed by atoms with Crippen molar-refractivity contribution in [1.29, 1.82) is 0 Å². The van der Waals surface area contributed by atoms with Crippen LogP contribution in [-0.4, -0.2) is 16.0 Å². The molecule has 18 heavy (non-hydrogen) atoms. The largest absolute Gasteiger partial charge is 0.409 e. The van der Waals surface area contributed by atoms with Gasteiger partial charge in [0, 0.05) is 16.7 Å². The van der Waals surface area contributed by atoms with Crippen LogP contribution in [0.5, 0.6) is 0 Å².